The largest absolute Gasteiger partial charge is 0.309 e. The van der Waals surface area contributed by atoms with Crippen molar-refractivity contribution in [3.63, 3.8) is 0 Å². The van der Waals surface area contributed by atoms with Crippen LogP contribution < -0.4 is 5.32 Å². The van der Waals surface area contributed by atoms with Gasteiger partial charge in [-0.2, -0.15) is 5.26 Å². The molecule has 2 rings (SSSR count). The van der Waals surface area contributed by atoms with Gasteiger partial charge in [0.1, 0.15) is 0 Å². The highest BCUT2D eigenvalue weighted by atomic mass is 15.1. The van der Waals surface area contributed by atoms with Gasteiger partial charge in [-0.15, -0.1) is 0 Å². The van der Waals surface area contributed by atoms with Gasteiger partial charge in [-0.1, -0.05) is 50.2 Å². The summed E-state index contributed by atoms with van der Waals surface area (Å²) in [5, 5.41) is 12.3. The quantitative estimate of drug-likeness (QED) is 0.808. The second-order valence-electron chi connectivity index (χ2n) is 5.69. The lowest BCUT2D eigenvalue weighted by molar-refractivity contribution is 0.296. The number of benzene rings is 2. The fourth-order valence-corrected chi connectivity index (χ4v) is 2.57. The van der Waals surface area contributed by atoms with E-state index in [0.29, 0.717) is 5.56 Å². The van der Waals surface area contributed by atoms with Gasteiger partial charge in [-0.3, -0.25) is 4.90 Å². The van der Waals surface area contributed by atoms with Crippen molar-refractivity contribution in [2.75, 3.05) is 13.1 Å². The molecule has 0 bridgehead atoms. The van der Waals surface area contributed by atoms with E-state index >= 15 is 0 Å². The molecule has 2 aromatic rings. The molecule has 0 saturated heterocycles. The van der Waals surface area contributed by atoms with Crippen molar-refractivity contribution >= 4 is 0 Å². The average molecular weight is 307 g/mol. The van der Waals surface area contributed by atoms with Gasteiger partial charge < -0.3 is 5.32 Å². The van der Waals surface area contributed by atoms with Crippen molar-refractivity contribution in [3.05, 3.63) is 70.8 Å². The monoisotopic (exact) mass is 307 g/mol. The van der Waals surface area contributed by atoms with Crippen LogP contribution in [0.3, 0.4) is 0 Å². The summed E-state index contributed by atoms with van der Waals surface area (Å²) in [7, 11) is 0. The Morgan fingerprint density at radius 2 is 1.57 bits per heavy atom. The van der Waals surface area contributed by atoms with Crippen LogP contribution in [0, 0.1) is 11.3 Å². The smallest absolute Gasteiger partial charge is 0.0991 e. The second kappa shape index (κ2) is 9.09. The van der Waals surface area contributed by atoms with Crippen LogP contribution in [0.5, 0.6) is 0 Å². The predicted octanol–water partition coefficient (Wildman–Crippen LogP) is 3.69. The Bertz CT molecular complexity index is 637. The Morgan fingerprint density at radius 1 is 0.913 bits per heavy atom. The van der Waals surface area contributed by atoms with Crippen molar-refractivity contribution < 1.29 is 0 Å². The molecule has 1 N–H and O–H groups in total. The summed E-state index contributed by atoms with van der Waals surface area (Å²) < 4.78 is 0. The SMILES string of the molecule is CCN(CC)Cc1ccc(CNCc2cccc(C#N)c2)cc1. The fourth-order valence-electron chi connectivity index (χ4n) is 2.57. The first-order valence-electron chi connectivity index (χ1n) is 8.25. The average Bonchev–Trinajstić information content (AvgIpc) is 2.61. The maximum atomic E-state index is 8.92. The number of hydrogen-bond acceptors (Lipinski definition) is 3. The lowest BCUT2D eigenvalue weighted by Gasteiger charge is -2.18. The first-order valence-corrected chi connectivity index (χ1v) is 8.25. The van der Waals surface area contributed by atoms with Gasteiger partial charge in [-0.05, 0) is 41.9 Å². The second-order valence-corrected chi connectivity index (χ2v) is 5.69. The van der Waals surface area contributed by atoms with Crippen LogP contribution >= 0.6 is 0 Å². The minimum Gasteiger partial charge on any atom is -0.309 e. The number of nitrogens with one attached hydrogen (secondary N) is 1. The zero-order valence-corrected chi connectivity index (χ0v) is 14.0. The van der Waals surface area contributed by atoms with E-state index in [1.54, 1.807) is 0 Å². The molecule has 23 heavy (non-hydrogen) atoms. The van der Waals surface area contributed by atoms with E-state index in [-0.39, 0.29) is 0 Å². The molecular formula is C20H25N3. The van der Waals surface area contributed by atoms with E-state index in [1.807, 2.05) is 24.3 Å². The maximum Gasteiger partial charge on any atom is 0.0991 e. The van der Waals surface area contributed by atoms with Crippen molar-refractivity contribution in [3.8, 4) is 6.07 Å². The van der Waals surface area contributed by atoms with Crippen molar-refractivity contribution in [1.82, 2.24) is 10.2 Å². The van der Waals surface area contributed by atoms with E-state index < -0.39 is 0 Å². The van der Waals surface area contributed by atoms with E-state index in [2.05, 4.69) is 54.4 Å². The van der Waals surface area contributed by atoms with Crippen LogP contribution in [-0.4, -0.2) is 18.0 Å². The molecule has 0 spiro atoms. The molecule has 0 amide bonds. The molecule has 0 atom stereocenters. The van der Waals surface area contributed by atoms with Crippen LogP contribution in [0.2, 0.25) is 0 Å². The third-order valence-corrected chi connectivity index (χ3v) is 4.04. The highest BCUT2D eigenvalue weighted by molar-refractivity contribution is 5.32. The van der Waals surface area contributed by atoms with Crippen molar-refractivity contribution in [2.24, 2.45) is 0 Å². The topological polar surface area (TPSA) is 39.1 Å². The summed E-state index contributed by atoms with van der Waals surface area (Å²) in [6.45, 7) is 9.19. The number of nitriles is 1. The number of rotatable bonds is 8. The molecule has 0 aliphatic carbocycles. The first kappa shape index (κ1) is 17.2. The van der Waals surface area contributed by atoms with Gasteiger partial charge in [-0.25, -0.2) is 0 Å². The zero-order chi connectivity index (χ0) is 16.5. The Morgan fingerprint density at radius 3 is 2.22 bits per heavy atom. The molecule has 2 aromatic carbocycles. The molecule has 0 aliphatic heterocycles. The third-order valence-electron chi connectivity index (χ3n) is 4.04. The van der Waals surface area contributed by atoms with Gasteiger partial charge in [0.05, 0.1) is 11.6 Å². The van der Waals surface area contributed by atoms with Gasteiger partial charge in [0.15, 0.2) is 0 Å². The van der Waals surface area contributed by atoms with Gasteiger partial charge in [0, 0.05) is 19.6 Å². The Kier molecular flexibility index (Phi) is 6.80. The zero-order valence-electron chi connectivity index (χ0n) is 14.0. The predicted molar refractivity (Wildman–Crippen MR) is 94.8 cm³/mol. The molecule has 0 saturated carbocycles. The fraction of sp³-hybridized carbons (Fsp3) is 0.350. The summed E-state index contributed by atoms with van der Waals surface area (Å²) >= 11 is 0. The summed E-state index contributed by atoms with van der Waals surface area (Å²) in [5.74, 6) is 0. The molecule has 0 aromatic heterocycles. The van der Waals surface area contributed by atoms with Gasteiger partial charge >= 0.3 is 0 Å². The molecule has 0 radical (unpaired) electrons. The summed E-state index contributed by atoms with van der Waals surface area (Å²) in [6, 6.07) is 18.7. The van der Waals surface area contributed by atoms with Crippen LogP contribution in [-0.2, 0) is 19.6 Å². The van der Waals surface area contributed by atoms with E-state index in [0.717, 1.165) is 38.3 Å². The van der Waals surface area contributed by atoms with E-state index in [1.165, 1.54) is 11.1 Å². The van der Waals surface area contributed by atoms with E-state index in [4.69, 9.17) is 5.26 Å². The van der Waals surface area contributed by atoms with Gasteiger partial charge in [0.2, 0.25) is 0 Å². The minimum atomic E-state index is 0.713. The van der Waals surface area contributed by atoms with Crippen molar-refractivity contribution in [2.45, 2.75) is 33.5 Å². The van der Waals surface area contributed by atoms with Crippen LogP contribution in [0.1, 0.15) is 36.1 Å². The van der Waals surface area contributed by atoms with Crippen LogP contribution in [0.25, 0.3) is 0 Å². The third kappa shape index (κ3) is 5.52. The molecule has 120 valence electrons. The molecule has 0 aliphatic rings. The number of nitrogens with zero attached hydrogens (tertiary/aromatic N) is 2. The lowest BCUT2D eigenvalue weighted by Crippen LogP contribution is -2.22. The lowest BCUT2D eigenvalue weighted by atomic mass is 10.1. The molecule has 3 nitrogen and oxygen atoms in total. The highest BCUT2D eigenvalue weighted by Crippen LogP contribution is 2.08. The Labute approximate surface area is 139 Å². The number of hydrogen-bond donors (Lipinski definition) is 1. The molecular weight excluding hydrogens is 282 g/mol. The maximum absolute atomic E-state index is 8.92. The molecule has 0 heterocycles. The summed E-state index contributed by atoms with van der Waals surface area (Å²) in [5.41, 5.74) is 4.50. The standard InChI is InChI=1S/C20H25N3/c1-3-23(4-2)16-18-10-8-17(9-11-18)14-22-15-20-7-5-6-19(12-20)13-21/h5-12,22H,3-4,14-16H2,1-2H3. The van der Waals surface area contributed by atoms with Crippen LogP contribution in [0.4, 0.5) is 0 Å². The highest BCUT2D eigenvalue weighted by Gasteiger charge is 2.01. The molecule has 0 fully saturated rings. The Balaban J connectivity index is 1.83. The van der Waals surface area contributed by atoms with Crippen molar-refractivity contribution in [1.29, 1.82) is 5.26 Å². The molecule has 0 unspecified atom stereocenters. The van der Waals surface area contributed by atoms with E-state index in [9.17, 15) is 0 Å². The summed E-state index contributed by atoms with van der Waals surface area (Å²) in [6.07, 6.45) is 0. The van der Waals surface area contributed by atoms with Gasteiger partial charge in [0.25, 0.3) is 0 Å². The van der Waals surface area contributed by atoms with Crippen LogP contribution in [0.15, 0.2) is 48.5 Å². The first-order chi connectivity index (χ1) is 11.2. The molecule has 3 heteroatoms. The summed E-state index contributed by atoms with van der Waals surface area (Å²) in [4.78, 5) is 2.41. The minimum absolute atomic E-state index is 0.713. The Hall–Kier alpha value is -2.15. The normalized spacial score (nSPS) is 10.7.